The van der Waals surface area contributed by atoms with Gasteiger partial charge in [-0.05, 0) is 22.4 Å². The summed E-state index contributed by atoms with van der Waals surface area (Å²) in [6.45, 7) is 2.83. The van der Waals surface area contributed by atoms with E-state index in [4.69, 9.17) is 5.11 Å². The van der Waals surface area contributed by atoms with E-state index < -0.39 is 5.97 Å². The molecule has 0 spiro atoms. The van der Waals surface area contributed by atoms with Gasteiger partial charge < -0.3 is 10.0 Å². The van der Waals surface area contributed by atoms with Crippen LogP contribution in [0.5, 0.6) is 0 Å². The summed E-state index contributed by atoms with van der Waals surface area (Å²) in [6.07, 6.45) is 2.41. The standard InChI is InChI=1S/C9H12BrN3O2/c1-3-4-13(2)9-11-5-6(10)7(12-9)8(14)15/h5H,3-4H2,1-2H3,(H,14,15). The maximum atomic E-state index is 10.8. The summed E-state index contributed by atoms with van der Waals surface area (Å²) < 4.78 is 0.392. The summed E-state index contributed by atoms with van der Waals surface area (Å²) in [5, 5.41) is 8.86. The zero-order valence-electron chi connectivity index (χ0n) is 8.57. The summed E-state index contributed by atoms with van der Waals surface area (Å²) in [5.74, 6) is -0.632. The van der Waals surface area contributed by atoms with Crippen molar-refractivity contribution in [3.05, 3.63) is 16.4 Å². The van der Waals surface area contributed by atoms with Crippen molar-refractivity contribution in [2.75, 3.05) is 18.5 Å². The largest absolute Gasteiger partial charge is 0.476 e. The van der Waals surface area contributed by atoms with Crippen molar-refractivity contribution < 1.29 is 9.90 Å². The van der Waals surface area contributed by atoms with Crippen LogP contribution in [0.4, 0.5) is 5.95 Å². The first-order valence-electron chi connectivity index (χ1n) is 4.53. The number of aromatic carboxylic acids is 1. The SMILES string of the molecule is CCCN(C)c1ncc(Br)c(C(=O)O)n1. The molecule has 0 aliphatic carbocycles. The molecule has 6 heteroatoms. The number of rotatable bonds is 4. The third-order valence-corrected chi connectivity index (χ3v) is 2.41. The van der Waals surface area contributed by atoms with E-state index >= 15 is 0 Å². The molecule has 0 unspecified atom stereocenters. The zero-order chi connectivity index (χ0) is 11.4. The first-order valence-corrected chi connectivity index (χ1v) is 5.32. The Morgan fingerprint density at radius 3 is 2.87 bits per heavy atom. The van der Waals surface area contributed by atoms with E-state index in [1.54, 1.807) is 0 Å². The van der Waals surface area contributed by atoms with E-state index in [0.717, 1.165) is 13.0 Å². The van der Waals surface area contributed by atoms with Gasteiger partial charge in [0.25, 0.3) is 0 Å². The van der Waals surface area contributed by atoms with E-state index in [1.807, 2.05) is 18.9 Å². The van der Waals surface area contributed by atoms with E-state index in [-0.39, 0.29) is 5.69 Å². The third kappa shape index (κ3) is 2.89. The van der Waals surface area contributed by atoms with Crippen LogP contribution >= 0.6 is 15.9 Å². The van der Waals surface area contributed by atoms with Gasteiger partial charge >= 0.3 is 5.97 Å². The van der Waals surface area contributed by atoms with Gasteiger partial charge in [0, 0.05) is 19.8 Å². The molecule has 0 aromatic carbocycles. The van der Waals surface area contributed by atoms with Crippen LogP contribution in [0, 0.1) is 0 Å². The molecule has 5 nitrogen and oxygen atoms in total. The van der Waals surface area contributed by atoms with Gasteiger partial charge in [0.2, 0.25) is 5.95 Å². The van der Waals surface area contributed by atoms with Crippen LogP contribution in [-0.4, -0.2) is 34.6 Å². The minimum atomic E-state index is -1.06. The van der Waals surface area contributed by atoms with E-state index in [0.29, 0.717) is 10.4 Å². The minimum Gasteiger partial charge on any atom is -0.476 e. The molecule has 0 bridgehead atoms. The molecule has 0 fully saturated rings. The topological polar surface area (TPSA) is 66.3 Å². The normalized spacial score (nSPS) is 10.1. The number of hydrogen-bond donors (Lipinski definition) is 1. The smallest absolute Gasteiger partial charge is 0.355 e. The van der Waals surface area contributed by atoms with Gasteiger partial charge in [-0.3, -0.25) is 0 Å². The minimum absolute atomic E-state index is 0.0112. The molecule has 0 saturated heterocycles. The Balaban J connectivity index is 3.02. The fraction of sp³-hybridized carbons (Fsp3) is 0.444. The maximum absolute atomic E-state index is 10.8. The van der Waals surface area contributed by atoms with E-state index in [9.17, 15) is 4.79 Å². The molecule has 1 aromatic heterocycles. The van der Waals surface area contributed by atoms with Gasteiger partial charge in [-0.1, -0.05) is 6.92 Å². The highest BCUT2D eigenvalue weighted by molar-refractivity contribution is 9.10. The molecule has 0 atom stereocenters. The number of halogens is 1. The summed E-state index contributed by atoms with van der Waals surface area (Å²) in [4.78, 5) is 20.6. The molecule has 15 heavy (non-hydrogen) atoms. The van der Waals surface area contributed by atoms with Crippen LogP contribution < -0.4 is 4.90 Å². The molecular weight excluding hydrogens is 262 g/mol. The van der Waals surface area contributed by atoms with Crippen molar-refractivity contribution in [3.8, 4) is 0 Å². The Morgan fingerprint density at radius 2 is 2.33 bits per heavy atom. The van der Waals surface area contributed by atoms with Crippen LogP contribution in [0.25, 0.3) is 0 Å². The lowest BCUT2D eigenvalue weighted by molar-refractivity contribution is 0.0689. The number of carboxylic acids is 1. The zero-order valence-corrected chi connectivity index (χ0v) is 10.2. The highest BCUT2D eigenvalue weighted by Crippen LogP contribution is 2.16. The van der Waals surface area contributed by atoms with Crippen molar-refractivity contribution in [2.24, 2.45) is 0 Å². The molecule has 0 aliphatic heterocycles. The maximum Gasteiger partial charge on any atom is 0.355 e. The van der Waals surface area contributed by atoms with Gasteiger partial charge in [0.1, 0.15) is 0 Å². The Kier molecular flexibility index (Phi) is 4.02. The number of carbonyl (C=O) groups is 1. The lowest BCUT2D eigenvalue weighted by atomic mass is 10.4. The van der Waals surface area contributed by atoms with Gasteiger partial charge in [-0.25, -0.2) is 14.8 Å². The molecule has 1 N–H and O–H groups in total. The molecule has 1 aromatic rings. The lowest BCUT2D eigenvalue weighted by Gasteiger charge is -2.15. The summed E-state index contributed by atoms with van der Waals surface area (Å²) in [5.41, 5.74) is -0.0112. The van der Waals surface area contributed by atoms with Crippen LogP contribution in [0.2, 0.25) is 0 Å². The Hall–Kier alpha value is -1.17. The monoisotopic (exact) mass is 273 g/mol. The van der Waals surface area contributed by atoms with E-state index in [1.165, 1.54) is 6.20 Å². The van der Waals surface area contributed by atoms with Crippen LogP contribution in [0.1, 0.15) is 23.8 Å². The molecule has 1 rings (SSSR count). The van der Waals surface area contributed by atoms with Crippen LogP contribution in [0.15, 0.2) is 10.7 Å². The fourth-order valence-electron chi connectivity index (χ4n) is 1.13. The predicted octanol–water partition coefficient (Wildman–Crippen LogP) is 1.78. The number of nitrogens with zero attached hydrogens (tertiary/aromatic N) is 3. The highest BCUT2D eigenvalue weighted by Gasteiger charge is 2.13. The molecule has 82 valence electrons. The first kappa shape index (κ1) is 11.9. The number of hydrogen-bond acceptors (Lipinski definition) is 4. The van der Waals surface area contributed by atoms with Crippen molar-refractivity contribution in [3.63, 3.8) is 0 Å². The first-order chi connectivity index (χ1) is 7.06. The molecule has 1 heterocycles. The third-order valence-electron chi connectivity index (χ3n) is 1.83. The van der Waals surface area contributed by atoms with Crippen molar-refractivity contribution >= 4 is 27.8 Å². The highest BCUT2D eigenvalue weighted by atomic mass is 79.9. The fourth-order valence-corrected chi connectivity index (χ4v) is 1.49. The second-order valence-corrected chi connectivity index (χ2v) is 3.95. The van der Waals surface area contributed by atoms with Crippen molar-refractivity contribution in [2.45, 2.75) is 13.3 Å². The van der Waals surface area contributed by atoms with Crippen molar-refractivity contribution in [1.82, 2.24) is 9.97 Å². The average molecular weight is 274 g/mol. The van der Waals surface area contributed by atoms with Gasteiger partial charge in [0.15, 0.2) is 5.69 Å². The summed E-state index contributed by atoms with van der Waals surface area (Å²) >= 11 is 3.09. The number of aromatic nitrogens is 2. The quantitative estimate of drug-likeness (QED) is 0.906. The summed E-state index contributed by atoms with van der Waals surface area (Å²) in [6, 6.07) is 0. The van der Waals surface area contributed by atoms with Gasteiger partial charge in [-0.2, -0.15) is 0 Å². The van der Waals surface area contributed by atoms with Gasteiger partial charge in [0.05, 0.1) is 4.47 Å². The number of anilines is 1. The predicted molar refractivity (Wildman–Crippen MR) is 60.3 cm³/mol. The Morgan fingerprint density at radius 1 is 1.67 bits per heavy atom. The Labute approximate surface area is 96.3 Å². The van der Waals surface area contributed by atoms with Crippen molar-refractivity contribution in [1.29, 1.82) is 0 Å². The average Bonchev–Trinajstić information content (AvgIpc) is 2.18. The molecular formula is C9H12BrN3O2. The van der Waals surface area contributed by atoms with Crippen LogP contribution in [-0.2, 0) is 0 Å². The Bertz CT molecular complexity index is 370. The molecule has 0 amide bonds. The number of carboxylic acid groups (broad SMARTS) is 1. The van der Waals surface area contributed by atoms with E-state index in [2.05, 4.69) is 25.9 Å². The summed E-state index contributed by atoms with van der Waals surface area (Å²) in [7, 11) is 1.83. The van der Waals surface area contributed by atoms with Crippen LogP contribution in [0.3, 0.4) is 0 Å². The second-order valence-electron chi connectivity index (χ2n) is 3.09. The lowest BCUT2D eigenvalue weighted by Crippen LogP contribution is -2.21. The van der Waals surface area contributed by atoms with Gasteiger partial charge in [-0.15, -0.1) is 0 Å². The molecule has 0 radical (unpaired) electrons. The second kappa shape index (κ2) is 5.06. The molecule has 0 saturated carbocycles. The molecule has 0 aliphatic rings.